The van der Waals surface area contributed by atoms with E-state index in [0.29, 0.717) is 40.7 Å². The Morgan fingerprint density at radius 3 is 2.74 bits per heavy atom. The maximum Gasteiger partial charge on any atom is 0.404 e. The molecule has 10 heteroatoms. The van der Waals surface area contributed by atoms with Gasteiger partial charge in [0, 0.05) is 30.3 Å². The van der Waals surface area contributed by atoms with Gasteiger partial charge in [0.1, 0.15) is 17.3 Å². The number of fused-ring (bicyclic) bond motifs is 2. The lowest BCUT2D eigenvalue weighted by Crippen LogP contribution is -2.50. The lowest BCUT2D eigenvalue weighted by Gasteiger charge is -2.42. The van der Waals surface area contributed by atoms with Crippen molar-refractivity contribution in [3.05, 3.63) is 46.6 Å². The summed E-state index contributed by atoms with van der Waals surface area (Å²) in [6, 6.07) is 8.07. The monoisotopic (exact) mass is 513 g/mol. The number of amides is 1. The van der Waals surface area contributed by atoms with Crippen LogP contribution in [-0.2, 0) is 22.0 Å². The maximum atomic E-state index is 12.8. The number of halogens is 1. The van der Waals surface area contributed by atoms with Crippen molar-refractivity contribution in [3.63, 3.8) is 0 Å². The Kier molecular flexibility index (Phi) is 5.72. The van der Waals surface area contributed by atoms with E-state index in [0.717, 1.165) is 49.5 Å². The maximum absolute atomic E-state index is 12.8. The van der Waals surface area contributed by atoms with E-state index >= 15 is 0 Å². The second kappa shape index (κ2) is 8.78. The average Bonchev–Trinajstić information content (AvgIpc) is 3.49. The van der Waals surface area contributed by atoms with Crippen LogP contribution in [0.25, 0.3) is 5.57 Å². The van der Waals surface area contributed by atoms with Crippen LogP contribution in [0.4, 0.5) is 16.6 Å². The van der Waals surface area contributed by atoms with Crippen LogP contribution in [0.2, 0.25) is 5.02 Å². The van der Waals surface area contributed by atoms with E-state index < -0.39 is 22.4 Å². The first kappa shape index (κ1) is 22.8. The van der Waals surface area contributed by atoms with Gasteiger partial charge in [0.2, 0.25) is 5.95 Å². The minimum absolute atomic E-state index is 0.176. The van der Waals surface area contributed by atoms with Crippen molar-refractivity contribution >= 4 is 45.8 Å². The number of carbonyl (C=O) groups excluding carboxylic acids is 1. The van der Waals surface area contributed by atoms with Crippen LogP contribution in [0.3, 0.4) is 0 Å². The number of hydrogen-bond donors (Lipinski definition) is 2. The summed E-state index contributed by atoms with van der Waals surface area (Å²) >= 11 is 6.06. The van der Waals surface area contributed by atoms with Gasteiger partial charge in [-0.15, -0.1) is 0 Å². The summed E-state index contributed by atoms with van der Waals surface area (Å²) in [6.45, 7) is 1.92. The third-order valence-corrected chi connectivity index (χ3v) is 9.46. The summed E-state index contributed by atoms with van der Waals surface area (Å²) in [4.78, 5) is 23.9. The van der Waals surface area contributed by atoms with Crippen molar-refractivity contribution < 1.29 is 13.7 Å². The van der Waals surface area contributed by atoms with Crippen molar-refractivity contribution in [3.8, 4) is 0 Å². The van der Waals surface area contributed by atoms with Crippen LogP contribution in [0, 0.1) is 11.8 Å². The van der Waals surface area contributed by atoms with E-state index in [-0.39, 0.29) is 6.61 Å². The fourth-order valence-electron chi connectivity index (χ4n) is 5.73. The van der Waals surface area contributed by atoms with E-state index in [4.69, 9.17) is 32.0 Å². The second-order valence-corrected chi connectivity index (χ2v) is 12.0. The molecule has 0 radical (unpaired) electrons. The Bertz CT molecular complexity index is 1230. The molecular weight excluding hydrogens is 486 g/mol. The molecule has 3 atom stereocenters. The molecule has 0 bridgehead atoms. The molecule has 3 heterocycles. The Balaban J connectivity index is 1.24. The lowest BCUT2D eigenvalue weighted by atomic mass is 9.77. The number of ether oxygens (including phenoxy) is 1. The van der Waals surface area contributed by atoms with Gasteiger partial charge in [-0.2, -0.15) is 4.98 Å². The Labute approximate surface area is 211 Å². The van der Waals surface area contributed by atoms with Gasteiger partial charge in [-0.1, -0.05) is 29.8 Å². The Morgan fingerprint density at radius 2 is 2.06 bits per heavy atom. The standard InChI is InChI=1S/C25H28ClN5O3S/c26-19-4-2-15(3-5-19)16-10-17-12-31(13-18(17)11-16)24-28-20-6-9-35(33)21(20)22(29-24)30-25(7-1-8-25)14-34-23(27)32/h2-5,10,17-18H,1,6-9,11-14H2,(H2,27,32)(H,28,29,30)/t17-,18+,35-/m1/s1. The number of aryl methyl sites for hydroxylation is 1. The molecule has 1 amide bonds. The highest BCUT2D eigenvalue weighted by Crippen LogP contribution is 2.43. The van der Waals surface area contributed by atoms with Gasteiger partial charge in [-0.25, -0.2) is 9.78 Å². The van der Waals surface area contributed by atoms with Crippen LogP contribution < -0.4 is 16.0 Å². The normalized spacial score (nSPS) is 26.0. The van der Waals surface area contributed by atoms with E-state index in [1.54, 1.807) is 0 Å². The summed E-state index contributed by atoms with van der Waals surface area (Å²) < 4.78 is 17.9. The van der Waals surface area contributed by atoms with Gasteiger partial charge in [-0.05, 0) is 60.8 Å². The molecule has 3 N–H and O–H groups in total. The predicted molar refractivity (Wildman–Crippen MR) is 136 cm³/mol. The van der Waals surface area contributed by atoms with E-state index in [1.807, 2.05) is 12.1 Å². The smallest absolute Gasteiger partial charge is 0.404 e. The van der Waals surface area contributed by atoms with E-state index in [2.05, 4.69) is 28.4 Å². The molecule has 2 aliphatic heterocycles. The first-order chi connectivity index (χ1) is 16.9. The zero-order valence-electron chi connectivity index (χ0n) is 19.3. The number of allylic oxidation sites excluding steroid dienone is 1. The van der Waals surface area contributed by atoms with Crippen molar-refractivity contribution in [1.29, 1.82) is 0 Å². The highest BCUT2D eigenvalue weighted by atomic mass is 35.5. The van der Waals surface area contributed by atoms with Gasteiger partial charge in [-0.3, -0.25) is 4.21 Å². The SMILES string of the molecule is NC(=O)OCC1(Nc2nc(N3C[C@@H]4CC(c5ccc(Cl)cc5)=C[C@@H]4C3)nc3c2[S@](=O)CC3)CCC1. The van der Waals surface area contributed by atoms with Crippen LogP contribution in [0.15, 0.2) is 35.2 Å². The fourth-order valence-corrected chi connectivity index (χ4v) is 7.16. The van der Waals surface area contributed by atoms with Gasteiger partial charge < -0.3 is 20.7 Å². The van der Waals surface area contributed by atoms with Crippen LogP contribution >= 0.6 is 11.6 Å². The van der Waals surface area contributed by atoms with Crippen molar-refractivity contribution in [2.45, 2.75) is 42.5 Å². The van der Waals surface area contributed by atoms with E-state index in [1.165, 1.54) is 11.1 Å². The molecule has 1 aromatic heterocycles. The highest BCUT2D eigenvalue weighted by molar-refractivity contribution is 7.85. The Hall–Kier alpha value is -2.65. The first-order valence-corrected chi connectivity index (χ1v) is 13.8. The van der Waals surface area contributed by atoms with Crippen LogP contribution in [0.5, 0.6) is 0 Å². The Morgan fingerprint density at radius 1 is 1.26 bits per heavy atom. The number of nitrogens with zero attached hydrogens (tertiary/aromatic N) is 3. The fraction of sp³-hybridized carbons (Fsp3) is 0.480. The summed E-state index contributed by atoms with van der Waals surface area (Å²) in [7, 11) is -1.13. The number of carbonyl (C=O) groups is 1. The molecule has 2 aliphatic carbocycles. The highest BCUT2D eigenvalue weighted by Gasteiger charge is 2.42. The lowest BCUT2D eigenvalue weighted by molar-refractivity contribution is 0.101. The van der Waals surface area contributed by atoms with Gasteiger partial charge >= 0.3 is 6.09 Å². The molecule has 184 valence electrons. The van der Waals surface area contributed by atoms with E-state index in [9.17, 15) is 9.00 Å². The third kappa shape index (κ3) is 4.29. The van der Waals surface area contributed by atoms with Crippen LogP contribution in [-0.4, -0.2) is 51.3 Å². The molecule has 0 unspecified atom stereocenters. The number of nitrogens with one attached hydrogen (secondary N) is 1. The van der Waals surface area contributed by atoms with Crippen molar-refractivity contribution in [2.75, 3.05) is 35.7 Å². The second-order valence-electron chi connectivity index (χ2n) is 10.0. The summed E-state index contributed by atoms with van der Waals surface area (Å²) in [5, 5.41) is 4.25. The zero-order chi connectivity index (χ0) is 24.2. The largest absolute Gasteiger partial charge is 0.447 e. The number of rotatable bonds is 6. The van der Waals surface area contributed by atoms with Gasteiger partial charge in [0.05, 0.1) is 22.0 Å². The molecule has 8 nitrogen and oxygen atoms in total. The molecule has 1 saturated carbocycles. The summed E-state index contributed by atoms with van der Waals surface area (Å²) in [5.41, 5.74) is 8.27. The molecule has 0 spiro atoms. The molecule has 2 aromatic rings. The van der Waals surface area contributed by atoms with Crippen molar-refractivity contribution in [2.24, 2.45) is 17.6 Å². The van der Waals surface area contributed by atoms with Crippen molar-refractivity contribution in [1.82, 2.24) is 9.97 Å². The summed E-state index contributed by atoms with van der Waals surface area (Å²) in [6.07, 6.45) is 6.01. The molecule has 4 aliphatic rings. The number of anilines is 2. The molecule has 6 rings (SSSR count). The topological polar surface area (TPSA) is 110 Å². The number of primary amides is 1. The number of hydrogen-bond acceptors (Lipinski definition) is 7. The van der Waals surface area contributed by atoms with Gasteiger partial charge in [0.25, 0.3) is 0 Å². The molecule has 1 saturated heterocycles. The summed E-state index contributed by atoms with van der Waals surface area (Å²) in [5.74, 6) is 2.83. The zero-order valence-corrected chi connectivity index (χ0v) is 20.9. The van der Waals surface area contributed by atoms with Crippen LogP contribution in [0.1, 0.15) is 36.9 Å². The molecular formula is C25H28ClN5O3S. The van der Waals surface area contributed by atoms with Gasteiger partial charge in [0.15, 0.2) is 0 Å². The quantitative estimate of drug-likeness (QED) is 0.605. The number of aromatic nitrogens is 2. The molecule has 1 aromatic carbocycles. The molecule has 35 heavy (non-hydrogen) atoms. The average molecular weight is 514 g/mol. The minimum Gasteiger partial charge on any atom is -0.447 e. The third-order valence-electron chi connectivity index (χ3n) is 7.75. The number of benzene rings is 1. The minimum atomic E-state index is -1.13. The molecule has 2 fully saturated rings. The first-order valence-electron chi connectivity index (χ1n) is 12.1. The number of nitrogens with two attached hydrogens (primary N) is 1. The predicted octanol–water partition coefficient (Wildman–Crippen LogP) is 3.76.